The van der Waals surface area contributed by atoms with Gasteiger partial charge in [0.25, 0.3) is 0 Å². The second kappa shape index (κ2) is 5.15. The maximum Gasteiger partial charge on any atom is 0.115 e. The van der Waals surface area contributed by atoms with E-state index in [1.807, 2.05) is 12.1 Å². The van der Waals surface area contributed by atoms with E-state index in [2.05, 4.69) is 6.92 Å². The van der Waals surface area contributed by atoms with E-state index in [9.17, 15) is 9.50 Å². The Morgan fingerprint density at radius 3 is 2.95 bits per heavy atom. The highest BCUT2D eigenvalue weighted by atomic mass is 19.1. The highest BCUT2D eigenvalue weighted by Crippen LogP contribution is 2.49. The van der Waals surface area contributed by atoms with Crippen LogP contribution in [0.4, 0.5) is 4.39 Å². The minimum atomic E-state index is -0.638. The normalized spacial score (nSPS) is 33.6. The molecule has 4 atom stereocenters. The van der Waals surface area contributed by atoms with Crippen molar-refractivity contribution >= 4 is 0 Å². The van der Waals surface area contributed by atoms with E-state index in [-0.39, 0.29) is 5.92 Å². The number of phenols is 1. The van der Waals surface area contributed by atoms with Crippen molar-refractivity contribution in [2.24, 2.45) is 11.8 Å². The Bertz CT molecular complexity index is 457. The topological polar surface area (TPSA) is 20.2 Å². The number of alkyl halides is 1. The van der Waals surface area contributed by atoms with Gasteiger partial charge in [-0.3, -0.25) is 0 Å². The summed E-state index contributed by atoms with van der Waals surface area (Å²) in [5.74, 6) is 1.66. The first-order valence-electron chi connectivity index (χ1n) is 7.65. The Morgan fingerprint density at radius 2 is 2.16 bits per heavy atom. The summed E-state index contributed by atoms with van der Waals surface area (Å²) in [6, 6.07) is 5.65. The zero-order chi connectivity index (χ0) is 13.4. The summed E-state index contributed by atoms with van der Waals surface area (Å²) in [5, 5.41) is 9.57. The molecule has 0 aromatic heterocycles. The average molecular weight is 262 g/mol. The van der Waals surface area contributed by atoms with Gasteiger partial charge in [0.15, 0.2) is 0 Å². The van der Waals surface area contributed by atoms with Crippen molar-refractivity contribution in [2.75, 3.05) is 0 Å². The Labute approximate surface area is 114 Å². The Morgan fingerprint density at radius 1 is 1.32 bits per heavy atom. The van der Waals surface area contributed by atoms with Gasteiger partial charge in [-0.05, 0) is 73.1 Å². The number of aromatic hydroxyl groups is 1. The lowest BCUT2D eigenvalue weighted by atomic mass is 9.64. The summed E-state index contributed by atoms with van der Waals surface area (Å²) in [6.45, 7) is 2.15. The Balaban J connectivity index is 1.84. The van der Waals surface area contributed by atoms with Gasteiger partial charge in [0.1, 0.15) is 11.9 Å². The zero-order valence-corrected chi connectivity index (χ0v) is 11.6. The third kappa shape index (κ3) is 2.37. The smallest absolute Gasteiger partial charge is 0.115 e. The zero-order valence-electron chi connectivity index (χ0n) is 11.6. The van der Waals surface area contributed by atoms with Crippen molar-refractivity contribution in [3.05, 3.63) is 29.3 Å². The first kappa shape index (κ1) is 13.0. The van der Waals surface area contributed by atoms with Crippen molar-refractivity contribution in [3.8, 4) is 5.75 Å². The lowest BCUT2D eigenvalue weighted by molar-refractivity contribution is 0.0935. The quantitative estimate of drug-likeness (QED) is 0.826. The lowest BCUT2D eigenvalue weighted by Crippen LogP contribution is -2.34. The van der Waals surface area contributed by atoms with Gasteiger partial charge in [-0.15, -0.1) is 0 Å². The number of phenolic OH excluding ortho intramolecular Hbond substituents is 1. The predicted octanol–water partition coefficient (Wildman–Crippen LogP) is 4.59. The van der Waals surface area contributed by atoms with Crippen LogP contribution >= 0.6 is 0 Å². The highest BCUT2D eigenvalue weighted by Gasteiger charge is 2.39. The summed E-state index contributed by atoms with van der Waals surface area (Å²) < 4.78 is 14.3. The number of fused-ring (bicyclic) bond motifs is 3. The molecule has 1 saturated carbocycles. The molecule has 2 heteroatoms. The fourth-order valence-corrected chi connectivity index (χ4v) is 4.21. The number of aryl methyl sites for hydroxylation is 1. The van der Waals surface area contributed by atoms with Gasteiger partial charge in [-0.1, -0.05) is 19.4 Å². The van der Waals surface area contributed by atoms with Crippen molar-refractivity contribution in [3.63, 3.8) is 0 Å². The summed E-state index contributed by atoms with van der Waals surface area (Å²) in [5.41, 5.74) is 2.54. The van der Waals surface area contributed by atoms with Gasteiger partial charge in [-0.25, -0.2) is 4.39 Å². The monoisotopic (exact) mass is 262 g/mol. The number of hydrogen-bond acceptors (Lipinski definition) is 1. The number of rotatable bonds is 2. The van der Waals surface area contributed by atoms with Crippen LogP contribution in [0, 0.1) is 11.8 Å². The molecule has 104 valence electrons. The van der Waals surface area contributed by atoms with Crippen LogP contribution in [-0.2, 0) is 6.42 Å². The third-order valence-corrected chi connectivity index (χ3v) is 5.14. The standard InChI is InChI=1S/C17H23FO/c1-2-3-13-8-11-4-5-12-9-14(19)6-7-15(12)16(11)10-17(13)18/h6-7,9,11,13,16-17,19H,2-5,8,10H2,1H3/t11-,13-,16-,17-/m0/s1. The van der Waals surface area contributed by atoms with Crippen molar-refractivity contribution in [1.82, 2.24) is 0 Å². The molecule has 2 aliphatic rings. The fourth-order valence-electron chi connectivity index (χ4n) is 4.21. The van der Waals surface area contributed by atoms with Crippen LogP contribution in [-0.4, -0.2) is 11.3 Å². The molecule has 1 N–H and O–H groups in total. The molecule has 3 rings (SSSR count). The van der Waals surface area contributed by atoms with Crippen LogP contribution in [0.25, 0.3) is 0 Å². The minimum Gasteiger partial charge on any atom is -0.508 e. The van der Waals surface area contributed by atoms with Crippen LogP contribution in [0.15, 0.2) is 18.2 Å². The van der Waals surface area contributed by atoms with Crippen molar-refractivity contribution in [2.45, 2.75) is 57.5 Å². The number of benzene rings is 1. The molecule has 1 nitrogen and oxygen atoms in total. The summed E-state index contributed by atoms with van der Waals surface area (Å²) in [6.07, 6.45) is 5.43. The van der Waals surface area contributed by atoms with Gasteiger partial charge in [-0.2, -0.15) is 0 Å². The number of halogens is 1. The van der Waals surface area contributed by atoms with E-state index >= 15 is 0 Å². The molecule has 19 heavy (non-hydrogen) atoms. The lowest BCUT2D eigenvalue weighted by Gasteiger charge is -2.42. The second-order valence-corrected chi connectivity index (χ2v) is 6.32. The molecule has 2 aliphatic carbocycles. The van der Waals surface area contributed by atoms with Crippen LogP contribution in [0.1, 0.15) is 56.1 Å². The molecule has 1 aromatic rings. The van der Waals surface area contributed by atoms with Crippen molar-refractivity contribution in [1.29, 1.82) is 0 Å². The Hall–Kier alpha value is -1.05. The van der Waals surface area contributed by atoms with Gasteiger partial charge >= 0.3 is 0 Å². The molecule has 0 bridgehead atoms. The Kier molecular flexibility index (Phi) is 3.51. The number of hydrogen-bond donors (Lipinski definition) is 1. The highest BCUT2D eigenvalue weighted by molar-refractivity contribution is 5.39. The van der Waals surface area contributed by atoms with Crippen LogP contribution in [0.2, 0.25) is 0 Å². The molecular formula is C17H23FO. The van der Waals surface area contributed by atoms with E-state index in [0.717, 1.165) is 32.1 Å². The second-order valence-electron chi connectivity index (χ2n) is 6.32. The SMILES string of the molecule is CCC[C@H]1C[C@@H]2CCc3cc(O)ccc3[C@H]2C[C@@H]1F. The van der Waals surface area contributed by atoms with E-state index in [4.69, 9.17) is 0 Å². The average Bonchev–Trinajstić information content (AvgIpc) is 2.39. The van der Waals surface area contributed by atoms with Crippen LogP contribution in [0.3, 0.4) is 0 Å². The van der Waals surface area contributed by atoms with Gasteiger partial charge in [0.2, 0.25) is 0 Å². The van der Waals surface area contributed by atoms with E-state index in [1.165, 1.54) is 11.1 Å². The van der Waals surface area contributed by atoms with E-state index in [1.54, 1.807) is 6.07 Å². The third-order valence-electron chi connectivity index (χ3n) is 5.14. The largest absolute Gasteiger partial charge is 0.508 e. The van der Waals surface area contributed by atoms with Gasteiger partial charge in [0, 0.05) is 0 Å². The predicted molar refractivity (Wildman–Crippen MR) is 75.2 cm³/mol. The molecular weight excluding hydrogens is 239 g/mol. The molecule has 1 aromatic carbocycles. The summed E-state index contributed by atoms with van der Waals surface area (Å²) in [7, 11) is 0. The minimum absolute atomic E-state index is 0.282. The van der Waals surface area contributed by atoms with E-state index in [0.29, 0.717) is 24.0 Å². The van der Waals surface area contributed by atoms with Gasteiger partial charge < -0.3 is 5.11 Å². The summed E-state index contributed by atoms with van der Waals surface area (Å²) >= 11 is 0. The molecule has 0 spiro atoms. The summed E-state index contributed by atoms with van der Waals surface area (Å²) in [4.78, 5) is 0. The fraction of sp³-hybridized carbons (Fsp3) is 0.647. The van der Waals surface area contributed by atoms with Crippen LogP contribution < -0.4 is 0 Å². The molecule has 1 fully saturated rings. The van der Waals surface area contributed by atoms with E-state index < -0.39 is 6.17 Å². The molecule has 0 aliphatic heterocycles. The first-order chi connectivity index (χ1) is 9.19. The molecule has 0 amide bonds. The molecule has 0 heterocycles. The molecule has 0 radical (unpaired) electrons. The molecule has 0 unspecified atom stereocenters. The maximum absolute atomic E-state index is 14.3. The van der Waals surface area contributed by atoms with Gasteiger partial charge in [0.05, 0.1) is 0 Å². The molecule has 0 saturated heterocycles. The maximum atomic E-state index is 14.3. The first-order valence-corrected chi connectivity index (χ1v) is 7.65. The van der Waals surface area contributed by atoms with Crippen molar-refractivity contribution < 1.29 is 9.50 Å². The van der Waals surface area contributed by atoms with Crippen LogP contribution in [0.5, 0.6) is 5.75 Å².